The normalized spacial score (nSPS) is 18.0. The minimum atomic E-state index is -0.380. The van der Waals surface area contributed by atoms with Crippen LogP contribution in [0.25, 0.3) is 11.0 Å². The standard InChI is InChI=1S/C17H20N2O3/c1-11-12-7-4-5-9-14(12)22-15(11)17(21)19-10-6-8-13(19)16(20)18(2)3/h4-5,7,9,13H,6,8,10H2,1-3H3. The van der Waals surface area contributed by atoms with Crippen LogP contribution in [-0.4, -0.2) is 48.3 Å². The maximum absolute atomic E-state index is 12.8. The fourth-order valence-electron chi connectivity index (χ4n) is 3.07. The van der Waals surface area contributed by atoms with Crippen LogP contribution < -0.4 is 0 Å². The first-order valence-corrected chi connectivity index (χ1v) is 7.51. The number of fused-ring (bicyclic) bond motifs is 1. The molecular weight excluding hydrogens is 280 g/mol. The van der Waals surface area contributed by atoms with E-state index in [1.165, 1.54) is 0 Å². The Morgan fingerprint density at radius 3 is 2.68 bits per heavy atom. The molecule has 5 nitrogen and oxygen atoms in total. The van der Waals surface area contributed by atoms with Gasteiger partial charge >= 0.3 is 0 Å². The Hall–Kier alpha value is -2.30. The number of likely N-dealkylation sites (tertiary alicyclic amines) is 1. The summed E-state index contributed by atoms with van der Waals surface area (Å²) in [6.45, 7) is 2.48. The van der Waals surface area contributed by atoms with E-state index in [4.69, 9.17) is 4.42 Å². The predicted octanol–water partition coefficient (Wildman–Crippen LogP) is 2.43. The minimum absolute atomic E-state index is 0.0281. The molecule has 0 saturated carbocycles. The summed E-state index contributed by atoms with van der Waals surface area (Å²) in [7, 11) is 3.44. The van der Waals surface area contributed by atoms with Crippen molar-refractivity contribution < 1.29 is 14.0 Å². The van der Waals surface area contributed by atoms with Gasteiger partial charge in [0.15, 0.2) is 5.76 Å². The second kappa shape index (κ2) is 5.48. The summed E-state index contributed by atoms with van der Waals surface area (Å²) in [6.07, 6.45) is 1.55. The van der Waals surface area contributed by atoms with Crippen LogP contribution in [0.3, 0.4) is 0 Å². The molecule has 2 heterocycles. The van der Waals surface area contributed by atoms with Gasteiger partial charge < -0.3 is 14.2 Å². The number of para-hydroxylation sites is 1. The topological polar surface area (TPSA) is 53.8 Å². The van der Waals surface area contributed by atoms with E-state index in [2.05, 4.69) is 0 Å². The Morgan fingerprint density at radius 1 is 1.27 bits per heavy atom. The molecule has 1 aromatic carbocycles. The van der Waals surface area contributed by atoms with Gasteiger partial charge in [-0.3, -0.25) is 9.59 Å². The zero-order chi connectivity index (χ0) is 15.9. The number of benzene rings is 1. The molecule has 1 aromatic heterocycles. The third-order valence-electron chi connectivity index (χ3n) is 4.28. The van der Waals surface area contributed by atoms with Gasteiger partial charge in [0.05, 0.1) is 0 Å². The van der Waals surface area contributed by atoms with Crippen molar-refractivity contribution in [1.29, 1.82) is 0 Å². The van der Waals surface area contributed by atoms with E-state index >= 15 is 0 Å². The molecular formula is C17H20N2O3. The molecule has 3 rings (SSSR count). The first kappa shape index (κ1) is 14.6. The van der Waals surface area contributed by atoms with Crippen molar-refractivity contribution >= 4 is 22.8 Å². The summed E-state index contributed by atoms with van der Waals surface area (Å²) in [5.41, 5.74) is 1.54. The van der Waals surface area contributed by atoms with Gasteiger partial charge in [0.1, 0.15) is 11.6 Å². The molecule has 1 aliphatic heterocycles. The quantitative estimate of drug-likeness (QED) is 0.856. The SMILES string of the molecule is Cc1c(C(=O)N2CCCC2C(=O)N(C)C)oc2ccccc12. The van der Waals surface area contributed by atoms with Crippen molar-refractivity contribution in [3.8, 4) is 0 Å². The number of aryl methyl sites for hydroxylation is 1. The minimum Gasteiger partial charge on any atom is -0.451 e. The lowest BCUT2D eigenvalue weighted by molar-refractivity contribution is -0.132. The molecule has 1 fully saturated rings. The number of carbonyl (C=O) groups is 2. The van der Waals surface area contributed by atoms with E-state index in [9.17, 15) is 9.59 Å². The van der Waals surface area contributed by atoms with E-state index in [1.807, 2.05) is 31.2 Å². The Morgan fingerprint density at radius 2 is 2.00 bits per heavy atom. The summed E-state index contributed by atoms with van der Waals surface area (Å²) in [6, 6.07) is 7.22. The lowest BCUT2D eigenvalue weighted by Crippen LogP contribution is -2.45. The number of amides is 2. The van der Waals surface area contributed by atoms with Crippen LogP contribution in [0.5, 0.6) is 0 Å². The van der Waals surface area contributed by atoms with Crippen molar-refractivity contribution in [2.24, 2.45) is 0 Å². The highest BCUT2D eigenvalue weighted by molar-refractivity contribution is 6.01. The van der Waals surface area contributed by atoms with Gasteiger partial charge in [-0.1, -0.05) is 18.2 Å². The van der Waals surface area contributed by atoms with E-state index in [0.29, 0.717) is 24.3 Å². The molecule has 0 bridgehead atoms. The van der Waals surface area contributed by atoms with Crippen LogP contribution in [0.4, 0.5) is 0 Å². The van der Waals surface area contributed by atoms with Crippen molar-refractivity contribution in [1.82, 2.24) is 9.80 Å². The van der Waals surface area contributed by atoms with Gasteiger partial charge in [0, 0.05) is 31.6 Å². The molecule has 2 amide bonds. The van der Waals surface area contributed by atoms with E-state index < -0.39 is 0 Å². The van der Waals surface area contributed by atoms with E-state index in [1.54, 1.807) is 23.9 Å². The summed E-state index contributed by atoms with van der Waals surface area (Å²) in [5, 5.41) is 0.945. The fraction of sp³-hybridized carbons (Fsp3) is 0.412. The molecule has 22 heavy (non-hydrogen) atoms. The lowest BCUT2D eigenvalue weighted by atomic mass is 10.1. The number of rotatable bonds is 2. The highest BCUT2D eigenvalue weighted by Crippen LogP contribution is 2.28. The third kappa shape index (κ3) is 2.26. The third-order valence-corrected chi connectivity index (χ3v) is 4.28. The summed E-state index contributed by atoms with van der Waals surface area (Å²) in [4.78, 5) is 28.3. The number of likely N-dealkylation sites (N-methyl/N-ethyl adjacent to an activating group) is 1. The van der Waals surface area contributed by atoms with Crippen LogP contribution in [0, 0.1) is 6.92 Å². The Bertz CT molecular complexity index is 733. The number of hydrogen-bond donors (Lipinski definition) is 0. The second-order valence-corrected chi connectivity index (χ2v) is 5.94. The van der Waals surface area contributed by atoms with Crippen LogP contribution in [0.15, 0.2) is 28.7 Å². The highest BCUT2D eigenvalue weighted by Gasteiger charge is 2.37. The number of furan rings is 1. The molecule has 1 aliphatic rings. The van der Waals surface area contributed by atoms with Gasteiger partial charge in [-0.2, -0.15) is 0 Å². The molecule has 116 valence electrons. The van der Waals surface area contributed by atoms with Gasteiger partial charge in [0.2, 0.25) is 5.91 Å². The van der Waals surface area contributed by atoms with Crippen LogP contribution in [0.1, 0.15) is 29.0 Å². The molecule has 5 heteroatoms. The molecule has 1 atom stereocenters. The Kier molecular flexibility index (Phi) is 3.64. The first-order chi connectivity index (χ1) is 10.5. The Labute approximate surface area is 129 Å². The molecule has 0 spiro atoms. The summed E-state index contributed by atoms with van der Waals surface area (Å²) >= 11 is 0. The first-order valence-electron chi connectivity index (χ1n) is 7.51. The Balaban J connectivity index is 1.95. The average molecular weight is 300 g/mol. The maximum Gasteiger partial charge on any atom is 0.290 e. The van der Waals surface area contributed by atoms with Crippen molar-refractivity contribution in [2.45, 2.75) is 25.8 Å². The second-order valence-electron chi connectivity index (χ2n) is 5.94. The number of nitrogens with zero attached hydrogens (tertiary/aromatic N) is 2. The largest absolute Gasteiger partial charge is 0.451 e. The molecule has 1 unspecified atom stereocenters. The predicted molar refractivity (Wildman–Crippen MR) is 83.7 cm³/mol. The van der Waals surface area contributed by atoms with Gasteiger partial charge in [0.25, 0.3) is 5.91 Å². The maximum atomic E-state index is 12.8. The highest BCUT2D eigenvalue weighted by atomic mass is 16.3. The smallest absolute Gasteiger partial charge is 0.290 e. The number of hydrogen-bond acceptors (Lipinski definition) is 3. The number of carbonyl (C=O) groups excluding carboxylic acids is 2. The van der Waals surface area contributed by atoms with Crippen LogP contribution >= 0.6 is 0 Å². The zero-order valence-electron chi connectivity index (χ0n) is 13.1. The summed E-state index contributed by atoms with van der Waals surface area (Å²) < 4.78 is 5.75. The van der Waals surface area contributed by atoms with Gasteiger partial charge in [-0.05, 0) is 25.8 Å². The van der Waals surface area contributed by atoms with Gasteiger partial charge in [-0.15, -0.1) is 0 Å². The molecule has 0 aliphatic carbocycles. The van der Waals surface area contributed by atoms with Gasteiger partial charge in [-0.25, -0.2) is 0 Å². The molecule has 2 aromatic rings. The lowest BCUT2D eigenvalue weighted by Gasteiger charge is -2.25. The van der Waals surface area contributed by atoms with Crippen molar-refractivity contribution in [3.63, 3.8) is 0 Å². The summed E-state index contributed by atoms with van der Waals surface area (Å²) in [5.74, 6) is 0.130. The average Bonchev–Trinajstić information content (AvgIpc) is 3.11. The zero-order valence-corrected chi connectivity index (χ0v) is 13.1. The molecule has 0 N–H and O–H groups in total. The molecule has 1 saturated heterocycles. The van der Waals surface area contributed by atoms with Crippen LogP contribution in [-0.2, 0) is 4.79 Å². The van der Waals surface area contributed by atoms with E-state index in [0.717, 1.165) is 17.4 Å². The fourth-order valence-corrected chi connectivity index (χ4v) is 3.07. The van der Waals surface area contributed by atoms with Crippen molar-refractivity contribution in [2.75, 3.05) is 20.6 Å². The van der Waals surface area contributed by atoms with Crippen molar-refractivity contribution in [3.05, 3.63) is 35.6 Å². The van der Waals surface area contributed by atoms with E-state index in [-0.39, 0.29) is 17.9 Å². The molecule has 0 radical (unpaired) electrons. The van der Waals surface area contributed by atoms with Crippen LogP contribution in [0.2, 0.25) is 0 Å². The monoisotopic (exact) mass is 300 g/mol.